The third kappa shape index (κ3) is 22.0. The highest BCUT2D eigenvalue weighted by Gasteiger charge is 2.03. The van der Waals surface area contributed by atoms with Crippen LogP contribution < -0.4 is 16.0 Å². The van der Waals surface area contributed by atoms with E-state index in [1.54, 1.807) is 35.3 Å². The molecule has 3 amide bonds. The van der Waals surface area contributed by atoms with Crippen molar-refractivity contribution in [1.29, 1.82) is 0 Å². The molecule has 0 spiro atoms. The molecule has 30 heavy (non-hydrogen) atoms. The Morgan fingerprint density at radius 3 is 1.97 bits per heavy atom. The Morgan fingerprint density at radius 2 is 1.37 bits per heavy atom. The second-order valence-electron chi connectivity index (χ2n) is 6.54. The summed E-state index contributed by atoms with van der Waals surface area (Å²) in [6.07, 6.45) is 6.33. The van der Waals surface area contributed by atoms with E-state index >= 15 is 0 Å². The lowest BCUT2D eigenvalue weighted by Crippen LogP contribution is -2.27. The molecule has 0 aromatic heterocycles. The van der Waals surface area contributed by atoms with Crippen LogP contribution in [0.4, 0.5) is 4.79 Å². The molecule has 0 aliphatic carbocycles. The van der Waals surface area contributed by atoms with E-state index in [0.29, 0.717) is 32.5 Å². The standard InChI is InChI=1S/C20H39N3O4S3/c1-3-9-21-18(24)7-13-29-16-17-30-14-8-19(25)22-10-5-4-6-12-27-20(26)23-11-15-28-2/h3-17H2,1-2H3,(H,21,24)(H,22,25)(H,23,26). The lowest BCUT2D eigenvalue weighted by atomic mass is 10.2. The molecule has 0 aromatic carbocycles. The first kappa shape index (κ1) is 29.3. The number of amides is 3. The topological polar surface area (TPSA) is 96.5 Å². The molecule has 0 saturated heterocycles. The van der Waals surface area contributed by atoms with Crippen LogP contribution in [0, 0.1) is 0 Å². The summed E-state index contributed by atoms with van der Waals surface area (Å²) in [7, 11) is 0. The third-order valence-corrected chi connectivity index (χ3v) is 6.69. The van der Waals surface area contributed by atoms with E-state index in [4.69, 9.17) is 4.74 Å². The number of alkyl carbamates (subject to hydrolysis) is 1. The van der Waals surface area contributed by atoms with Gasteiger partial charge >= 0.3 is 6.09 Å². The van der Waals surface area contributed by atoms with Crippen molar-refractivity contribution in [2.75, 3.05) is 61.3 Å². The number of unbranched alkanes of at least 4 members (excludes halogenated alkanes) is 2. The minimum Gasteiger partial charge on any atom is -0.450 e. The first-order valence-corrected chi connectivity index (χ1v) is 14.4. The van der Waals surface area contributed by atoms with E-state index < -0.39 is 0 Å². The SMILES string of the molecule is CCCNC(=O)CCSCCSCCC(=O)NCCCCCOC(=O)NCCSC. The molecule has 0 unspecified atom stereocenters. The molecule has 10 heteroatoms. The van der Waals surface area contributed by atoms with Gasteiger partial charge < -0.3 is 20.7 Å². The Balaban J connectivity index is 3.31. The van der Waals surface area contributed by atoms with Crippen LogP contribution in [0.3, 0.4) is 0 Å². The zero-order valence-electron chi connectivity index (χ0n) is 18.5. The summed E-state index contributed by atoms with van der Waals surface area (Å²) < 4.78 is 5.07. The van der Waals surface area contributed by atoms with Crippen LogP contribution in [0.5, 0.6) is 0 Å². The molecule has 0 aliphatic rings. The zero-order valence-corrected chi connectivity index (χ0v) is 20.9. The molecule has 0 fully saturated rings. The van der Waals surface area contributed by atoms with Gasteiger partial charge in [-0.2, -0.15) is 35.3 Å². The summed E-state index contributed by atoms with van der Waals surface area (Å²) in [6.45, 7) is 4.51. The van der Waals surface area contributed by atoms with Crippen LogP contribution in [0.15, 0.2) is 0 Å². The third-order valence-electron chi connectivity index (χ3n) is 3.84. The van der Waals surface area contributed by atoms with Crippen molar-refractivity contribution in [2.24, 2.45) is 0 Å². The van der Waals surface area contributed by atoms with Crippen molar-refractivity contribution in [1.82, 2.24) is 16.0 Å². The first-order valence-electron chi connectivity index (χ1n) is 10.7. The number of hydrogen-bond acceptors (Lipinski definition) is 7. The highest BCUT2D eigenvalue weighted by Crippen LogP contribution is 2.09. The van der Waals surface area contributed by atoms with Gasteiger partial charge in [0.15, 0.2) is 0 Å². The van der Waals surface area contributed by atoms with Gasteiger partial charge in [-0.1, -0.05) is 6.92 Å². The van der Waals surface area contributed by atoms with E-state index in [2.05, 4.69) is 16.0 Å². The minimum atomic E-state index is -0.356. The van der Waals surface area contributed by atoms with Gasteiger partial charge in [0.2, 0.25) is 11.8 Å². The number of carbonyl (C=O) groups is 3. The van der Waals surface area contributed by atoms with Crippen molar-refractivity contribution in [3.8, 4) is 0 Å². The summed E-state index contributed by atoms with van der Waals surface area (Å²) in [5, 5.41) is 8.50. The van der Waals surface area contributed by atoms with Crippen molar-refractivity contribution < 1.29 is 19.1 Å². The Bertz CT molecular complexity index is 457. The summed E-state index contributed by atoms with van der Waals surface area (Å²) in [6, 6.07) is 0. The molecule has 7 nitrogen and oxygen atoms in total. The molecule has 0 aromatic rings. The maximum Gasteiger partial charge on any atom is 0.407 e. The average Bonchev–Trinajstić information content (AvgIpc) is 2.73. The molecule has 0 atom stereocenters. The summed E-state index contributed by atoms with van der Waals surface area (Å²) in [5.41, 5.74) is 0. The fourth-order valence-electron chi connectivity index (χ4n) is 2.20. The smallest absolute Gasteiger partial charge is 0.407 e. The molecule has 0 bridgehead atoms. The van der Waals surface area contributed by atoms with Crippen molar-refractivity contribution in [3.63, 3.8) is 0 Å². The molecule has 0 radical (unpaired) electrons. The highest BCUT2D eigenvalue weighted by molar-refractivity contribution is 8.02. The molecular weight excluding hydrogens is 442 g/mol. The molecule has 3 N–H and O–H groups in total. The van der Waals surface area contributed by atoms with Crippen LogP contribution in [0.2, 0.25) is 0 Å². The molecule has 176 valence electrons. The first-order chi connectivity index (χ1) is 14.6. The van der Waals surface area contributed by atoms with Crippen LogP contribution in [-0.4, -0.2) is 79.2 Å². The number of ether oxygens (including phenoxy) is 1. The monoisotopic (exact) mass is 481 g/mol. The Morgan fingerprint density at radius 1 is 0.733 bits per heavy atom. The van der Waals surface area contributed by atoms with E-state index in [1.165, 1.54) is 0 Å². The molecule has 0 rings (SSSR count). The van der Waals surface area contributed by atoms with Gasteiger partial charge in [-0.25, -0.2) is 4.79 Å². The van der Waals surface area contributed by atoms with Crippen LogP contribution >= 0.6 is 35.3 Å². The van der Waals surface area contributed by atoms with Crippen LogP contribution in [0.1, 0.15) is 45.4 Å². The quantitative estimate of drug-likeness (QED) is 0.230. The molecule has 0 heterocycles. The summed E-state index contributed by atoms with van der Waals surface area (Å²) in [5.74, 6) is 4.78. The molecular formula is C20H39N3O4S3. The second-order valence-corrected chi connectivity index (χ2v) is 9.98. The number of rotatable bonds is 20. The zero-order chi connectivity index (χ0) is 22.3. The fraction of sp³-hybridized carbons (Fsp3) is 0.850. The van der Waals surface area contributed by atoms with E-state index in [-0.39, 0.29) is 17.9 Å². The van der Waals surface area contributed by atoms with Gasteiger partial charge in [-0.3, -0.25) is 9.59 Å². The average molecular weight is 482 g/mol. The number of thioether (sulfide) groups is 3. The van der Waals surface area contributed by atoms with Gasteiger partial charge in [-0.05, 0) is 31.9 Å². The van der Waals surface area contributed by atoms with Gasteiger partial charge in [-0.15, -0.1) is 0 Å². The maximum atomic E-state index is 11.8. The second kappa shape index (κ2) is 22.9. The Labute approximate surface area is 194 Å². The number of hydrogen-bond donors (Lipinski definition) is 3. The van der Waals surface area contributed by atoms with E-state index in [1.807, 2.05) is 13.2 Å². The van der Waals surface area contributed by atoms with E-state index in [0.717, 1.165) is 61.0 Å². The van der Waals surface area contributed by atoms with Gasteiger partial charge in [0.25, 0.3) is 0 Å². The van der Waals surface area contributed by atoms with Gasteiger partial charge in [0.05, 0.1) is 6.61 Å². The van der Waals surface area contributed by atoms with Gasteiger partial charge in [0.1, 0.15) is 0 Å². The predicted molar refractivity (Wildman–Crippen MR) is 132 cm³/mol. The van der Waals surface area contributed by atoms with Crippen molar-refractivity contribution in [2.45, 2.75) is 45.4 Å². The minimum absolute atomic E-state index is 0.0900. The highest BCUT2D eigenvalue weighted by atomic mass is 32.2. The van der Waals surface area contributed by atoms with Crippen molar-refractivity contribution >= 4 is 53.2 Å². The maximum absolute atomic E-state index is 11.8. The Hall–Kier alpha value is -0.740. The lowest BCUT2D eigenvalue weighted by Gasteiger charge is -2.07. The van der Waals surface area contributed by atoms with E-state index in [9.17, 15) is 14.4 Å². The van der Waals surface area contributed by atoms with Crippen LogP contribution in [-0.2, 0) is 14.3 Å². The molecule has 0 aliphatic heterocycles. The number of nitrogens with one attached hydrogen (secondary N) is 3. The largest absolute Gasteiger partial charge is 0.450 e. The van der Waals surface area contributed by atoms with Gasteiger partial charge in [0, 0.05) is 61.2 Å². The fourth-order valence-corrected chi connectivity index (χ4v) is 4.51. The van der Waals surface area contributed by atoms with Crippen molar-refractivity contribution in [3.05, 3.63) is 0 Å². The lowest BCUT2D eigenvalue weighted by molar-refractivity contribution is -0.121. The summed E-state index contributed by atoms with van der Waals surface area (Å²) in [4.78, 5) is 34.6. The normalized spacial score (nSPS) is 10.5. The Kier molecular flexibility index (Phi) is 22.4. The van der Waals surface area contributed by atoms with Crippen LogP contribution in [0.25, 0.3) is 0 Å². The predicted octanol–water partition coefficient (Wildman–Crippen LogP) is 3.13. The molecule has 0 saturated carbocycles. The summed E-state index contributed by atoms with van der Waals surface area (Å²) >= 11 is 5.24. The number of carbonyl (C=O) groups excluding carboxylic acids is 3.